The minimum Gasteiger partial charge on any atom is -0.396 e. The Bertz CT molecular complexity index is 88.9. The van der Waals surface area contributed by atoms with Gasteiger partial charge in [-0.2, -0.15) is 0 Å². The van der Waals surface area contributed by atoms with E-state index in [1.807, 2.05) is 6.92 Å². The molecule has 0 saturated heterocycles. The van der Waals surface area contributed by atoms with Crippen molar-refractivity contribution in [1.29, 1.82) is 0 Å². The van der Waals surface area contributed by atoms with Gasteiger partial charge in [0.05, 0.1) is 0 Å². The molecule has 1 unspecified atom stereocenters. The van der Waals surface area contributed by atoms with Crippen LogP contribution < -0.4 is 0 Å². The van der Waals surface area contributed by atoms with E-state index in [-0.39, 0.29) is 18.3 Å². The highest BCUT2D eigenvalue weighted by molar-refractivity contribution is 5.77. The van der Waals surface area contributed by atoms with Gasteiger partial charge in [-0.15, -0.1) is 0 Å². The van der Waals surface area contributed by atoms with Crippen molar-refractivity contribution in [2.24, 2.45) is 5.92 Å². The SMILES string of the molecule is CC(=O)C(C)CCCO. The lowest BCUT2D eigenvalue weighted by Crippen LogP contribution is -2.06. The Labute approximate surface area is 55.9 Å². The largest absolute Gasteiger partial charge is 0.396 e. The molecule has 2 nitrogen and oxygen atoms in total. The number of aliphatic hydroxyl groups excluding tert-OH is 1. The third-order valence-corrected chi connectivity index (χ3v) is 1.49. The zero-order valence-electron chi connectivity index (χ0n) is 6.05. The van der Waals surface area contributed by atoms with Crippen molar-refractivity contribution >= 4 is 5.78 Å². The average Bonchev–Trinajstić information content (AvgIpc) is 1.82. The topological polar surface area (TPSA) is 37.3 Å². The average molecular weight is 130 g/mol. The first-order valence-electron chi connectivity index (χ1n) is 3.29. The molecule has 0 fully saturated rings. The molecule has 0 heterocycles. The molecule has 1 N–H and O–H groups in total. The Morgan fingerprint density at radius 1 is 1.67 bits per heavy atom. The van der Waals surface area contributed by atoms with Crippen LogP contribution in [0.2, 0.25) is 0 Å². The van der Waals surface area contributed by atoms with Crippen molar-refractivity contribution in [2.45, 2.75) is 26.7 Å². The lowest BCUT2D eigenvalue weighted by Gasteiger charge is -2.03. The normalized spacial score (nSPS) is 13.2. The van der Waals surface area contributed by atoms with Gasteiger partial charge >= 0.3 is 0 Å². The fourth-order valence-corrected chi connectivity index (χ4v) is 0.601. The quantitative estimate of drug-likeness (QED) is 0.616. The lowest BCUT2D eigenvalue weighted by atomic mass is 10.0. The first kappa shape index (κ1) is 8.63. The molecule has 9 heavy (non-hydrogen) atoms. The van der Waals surface area contributed by atoms with Gasteiger partial charge in [0.25, 0.3) is 0 Å². The van der Waals surface area contributed by atoms with E-state index in [0.717, 1.165) is 12.8 Å². The number of rotatable bonds is 4. The molecule has 0 aliphatic rings. The fraction of sp³-hybridized carbons (Fsp3) is 0.857. The Kier molecular flexibility index (Phi) is 4.32. The molecule has 0 rings (SSSR count). The van der Waals surface area contributed by atoms with Crippen molar-refractivity contribution in [3.05, 3.63) is 0 Å². The van der Waals surface area contributed by atoms with E-state index in [1.165, 1.54) is 0 Å². The maximum absolute atomic E-state index is 10.6. The van der Waals surface area contributed by atoms with E-state index in [9.17, 15) is 4.79 Å². The summed E-state index contributed by atoms with van der Waals surface area (Å²) in [7, 11) is 0. The zero-order chi connectivity index (χ0) is 7.28. The molecule has 0 radical (unpaired) electrons. The van der Waals surface area contributed by atoms with Crippen molar-refractivity contribution in [1.82, 2.24) is 0 Å². The predicted octanol–water partition coefficient (Wildman–Crippen LogP) is 0.984. The number of ketones is 1. The Hall–Kier alpha value is -0.370. The molecule has 0 aliphatic heterocycles. The van der Waals surface area contributed by atoms with Crippen LogP contribution in [0.25, 0.3) is 0 Å². The number of aliphatic hydroxyl groups is 1. The van der Waals surface area contributed by atoms with E-state index in [1.54, 1.807) is 6.92 Å². The third-order valence-electron chi connectivity index (χ3n) is 1.49. The van der Waals surface area contributed by atoms with Gasteiger partial charge < -0.3 is 5.11 Å². The summed E-state index contributed by atoms with van der Waals surface area (Å²) >= 11 is 0. The van der Waals surface area contributed by atoms with Crippen LogP contribution in [0.4, 0.5) is 0 Å². The second-order valence-corrected chi connectivity index (χ2v) is 2.38. The second kappa shape index (κ2) is 4.50. The molecular formula is C7H14O2. The van der Waals surface area contributed by atoms with Gasteiger partial charge in [0, 0.05) is 12.5 Å². The maximum Gasteiger partial charge on any atom is 0.132 e. The standard InChI is InChI=1S/C7H14O2/c1-6(7(2)9)4-3-5-8/h6,8H,3-5H2,1-2H3. The van der Waals surface area contributed by atoms with Crippen molar-refractivity contribution in [3.63, 3.8) is 0 Å². The molecule has 0 saturated carbocycles. The van der Waals surface area contributed by atoms with Gasteiger partial charge in [0.15, 0.2) is 0 Å². The molecule has 2 heteroatoms. The zero-order valence-corrected chi connectivity index (χ0v) is 6.05. The van der Waals surface area contributed by atoms with Gasteiger partial charge in [0.2, 0.25) is 0 Å². The molecule has 54 valence electrons. The van der Waals surface area contributed by atoms with Crippen LogP contribution in [0.5, 0.6) is 0 Å². The Morgan fingerprint density at radius 2 is 2.22 bits per heavy atom. The third kappa shape index (κ3) is 4.15. The first-order chi connectivity index (χ1) is 4.18. The van der Waals surface area contributed by atoms with Gasteiger partial charge in [-0.3, -0.25) is 4.79 Å². The number of carbonyl (C=O) groups is 1. The minimum atomic E-state index is 0.122. The molecule has 1 atom stereocenters. The van der Waals surface area contributed by atoms with Crippen LogP contribution in [0.3, 0.4) is 0 Å². The molecule has 0 spiro atoms. The molecule has 0 aromatic rings. The van der Waals surface area contributed by atoms with Crippen molar-refractivity contribution < 1.29 is 9.90 Å². The smallest absolute Gasteiger partial charge is 0.132 e. The molecular weight excluding hydrogens is 116 g/mol. The number of hydrogen-bond donors (Lipinski definition) is 1. The highest BCUT2D eigenvalue weighted by Crippen LogP contribution is 2.04. The number of carbonyl (C=O) groups excluding carboxylic acids is 1. The maximum atomic E-state index is 10.6. The predicted molar refractivity (Wildman–Crippen MR) is 36.2 cm³/mol. The summed E-state index contributed by atoms with van der Waals surface area (Å²) < 4.78 is 0. The molecule has 0 bridgehead atoms. The van der Waals surface area contributed by atoms with Crippen LogP contribution in [0, 0.1) is 5.92 Å². The van der Waals surface area contributed by atoms with Crippen molar-refractivity contribution in [2.75, 3.05) is 6.61 Å². The van der Waals surface area contributed by atoms with Crippen LogP contribution in [-0.2, 0) is 4.79 Å². The summed E-state index contributed by atoms with van der Waals surface area (Å²) in [5.41, 5.74) is 0. The fourth-order valence-electron chi connectivity index (χ4n) is 0.601. The van der Waals surface area contributed by atoms with E-state index in [0.29, 0.717) is 0 Å². The monoisotopic (exact) mass is 130 g/mol. The number of hydrogen-bond acceptors (Lipinski definition) is 2. The summed E-state index contributed by atoms with van der Waals surface area (Å²) in [5, 5.41) is 8.39. The Morgan fingerprint density at radius 3 is 2.56 bits per heavy atom. The van der Waals surface area contributed by atoms with E-state index >= 15 is 0 Å². The van der Waals surface area contributed by atoms with Crippen LogP contribution >= 0.6 is 0 Å². The Balaban J connectivity index is 3.27. The van der Waals surface area contributed by atoms with Crippen molar-refractivity contribution in [3.8, 4) is 0 Å². The molecule has 0 aromatic carbocycles. The highest BCUT2D eigenvalue weighted by Gasteiger charge is 2.04. The van der Waals surface area contributed by atoms with Crippen LogP contribution in [0.15, 0.2) is 0 Å². The van der Waals surface area contributed by atoms with Crippen LogP contribution in [-0.4, -0.2) is 17.5 Å². The van der Waals surface area contributed by atoms with Crippen LogP contribution in [0.1, 0.15) is 26.7 Å². The van der Waals surface area contributed by atoms with Gasteiger partial charge in [-0.05, 0) is 19.8 Å². The minimum absolute atomic E-state index is 0.122. The van der Waals surface area contributed by atoms with E-state index in [4.69, 9.17) is 5.11 Å². The van der Waals surface area contributed by atoms with Gasteiger partial charge in [0.1, 0.15) is 5.78 Å². The molecule has 0 aromatic heterocycles. The first-order valence-corrected chi connectivity index (χ1v) is 3.29. The van der Waals surface area contributed by atoms with Gasteiger partial charge in [-0.25, -0.2) is 0 Å². The number of Topliss-reactive ketones (excluding diaryl/α,β-unsaturated/α-hetero) is 1. The second-order valence-electron chi connectivity index (χ2n) is 2.38. The summed E-state index contributed by atoms with van der Waals surface area (Å²) in [6.07, 6.45) is 1.55. The summed E-state index contributed by atoms with van der Waals surface area (Å²) in [6, 6.07) is 0. The highest BCUT2D eigenvalue weighted by atomic mass is 16.2. The molecule has 0 aliphatic carbocycles. The lowest BCUT2D eigenvalue weighted by molar-refractivity contribution is -0.120. The van der Waals surface area contributed by atoms with E-state index < -0.39 is 0 Å². The molecule has 0 amide bonds. The summed E-state index contributed by atoms with van der Waals surface area (Å²) in [4.78, 5) is 10.6. The van der Waals surface area contributed by atoms with E-state index in [2.05, 4.69) is 0 Å². The summed E-state index contributed by atoms with van der Waals surface area (Å²) in [6.45, 7) is 3.66. The van der Waals surface area contributed by atoms with Gasteiger partial charge in [-0.1, -0.05) is 6.92 Å². The summed E-state index contributed by atoms with van der Waals surface area (Å²) in [5.74, 6) is 0.334.